The standard InChI is InChI=1S/C28H28FN5O4S2/c1-16(35)5-11-22(34-27(38)23-15-32-28(40-23)19-4-2-3-18(13-19)14-30)26(37)33-21(24(36)25(31)39)12-8-17-6-9-20(29)10-7-17/h2-4,6-7,9-10,13,15-16,21-22,35H,5,8,11-12H2,1H3,(H2,31,39)(H,33,37)(H,34,38)/t16?,21-,22-/m0/s1. The number of aryl methyl sites for hydroxylation is 1. The first-order valence-corrected chi connectivity index (χ1v) is 13.6. The second-order valence-electron chi connectivity index (χ2n) is 9.13. The van der Waals surface area contributed by atoms with Crippen LogP contribution in [0, 0.1) is 17.1 Å². The molecule has 5 N–H and O–H groups in total. The Bertz CT molecular complexity index is 1420. The molecule has 2 amide bonds. The summed E-state index contributed by atoms with van der Waals surface area (Å²) < 4.78 is 13.2. The molecular weight excluding hydrogens is 553 g/mol. The van der Waals surface area contributed by atoms with Crippen LogP contribution in [0.3, 0.4) is 0 Å². The number of benzene rings is 2. The van der Waals surface area contributed by atoms with Gasteiger partial charge in [0.15, 0.2) is 0 Å². The average molecular weight is 582 g/mol. The maximum atomic E-state index is 13.3. The third kappa shape index (κ3) is 8.74. The molecule has 12 heteroatoms. The number of carbonyl (C=O) groups is 3. The van der Waals surface area contributed by atoms with Crippen LogP contribution in [-0.4, -0.2) is 50.9 Å². The average Bonchev–Trinajstić information content (AvgIpc) is 3.44. The van der Waals surface area contributed by atoms with E-state index in [1.165, 1.54) is 18.3 Å². The van der Waals surface area contributed by atoms with E-state index >= 15 is 0 Å². The Morgan fingerprint density at radius 2 is 1.85 bits per heavy atom. The summed E-state index contributed by atoms with van der Waals surface area (Å²) >= 11 is 5.93. The van der Waals surface area contributed by atoms with Crippen molar-refractivity contribution in [3.8, 4) is 16.6 Å². The van der Waals surface area contributed by atoms with E-state index in [4.69, 9.17) is 23.2 Å². The van der Waals surface area contributed by atoms with Crippen molar-refractivity contribution in [2.75, 3.05) is 0 Å². The quantitative estimate of drug-likeness (QED) is 0.224. The summed E-state index contributed by atoms with van der Waals surface area (Å²) in [5.41, 5.74) is 7.43. The number of aliphatic hydroxyl groups is 1. The van der Waals surface area contributed by atoms with Crippen LogP contribution in [0.4, 0.5) is 4.39 Å². The summed E-state index contributed by atoms with van der Waals surface area (Å²) in [6, 6.07) is 12.4. The molecule has 0 aliphatic heterocycles. The Hall–Kier alpha value is -4.05. The van der Waals surface area contributed by atoms with Gasteiger partial charge in [-0.25, -0.2) is 9.37 Å². The van der Waals surface area contributed by atoms with E-state index in [0.717, 1.165) is 16.9 Å². The van der Waals surface area contributed by atoms with Gasteiger partial charge in [-0.1, -0.05) is 36.5 Å². The fourth-order valence-corrected chi connectivity index (χ4v) is 4.77. The molecule has 0 spiro atoms. The number of aromatic nitrogens is 1. The van der Waals surface area contributed by atoms with Gasteiger partial charge >= 0.3 is 0 Å². The predicted octanol–water partition coefficient (Wildman–Crippen LogP) is 3.05. The fraction of sp³-hybridized carbons (Fsp3) is 0.286. The number of thiazole rings is 1. The molecule has 0 radical (unpaired) electrons. The molecular formula is C28H28FN5O4S2. The zero-order valence-corrected chi connectivity index (χ0v) is 23.2. The van der Waals surface area contributed by atoms with Crippen molar-refractivity contribution < 1.29 is 23.9 Å². The highest BCUT2D eigenvalue weighted by molar-refractivity contribution is 7.82. The number of hydrogen-bond donors (Lipinski definition) is 4. The molecule has 3 aromatic rings. The zero-order chi connectivity index (χ0) is 29.2. The summed E-state index contributed by atoms with van der Waals surface area (Å²) in [4.78, 5) is 43.1. The van der Waals surface area contributed by atoms with Gasteiger partial charge in [0.2, 0.25) is 11.7 Å². The summed E-state index contributed by atoms with van der Waals surface area (Å²) in [7, 11) is 0. The number of Topliss-reactive ketones (excluding diaryl/α,β-unsaturated/α-hetero) is 1. The number of nitrogens with two attached hydrogens (primary N) is 1. The van der Waals surface area contributed by atoms with Gasteiger partial charge in [0, 0.05) is 5.56 Å². The van der Waals surface area contributed by atoms with E-state index < -0.39 is 46.6 Å². The monoisotopic (exact) mass is 581 g/mol. The van der Waals surface area contributed by atoms with Crippen molar-refractivity contribution in [3.05, 3.63) is 76.5 Å². The number of nitriles is 1. The van der Waals surface area contributed by atoms with Gasteiger partial charge in [-0.15, -0.1) is 11.3 Å². The lowest BCUT2D eigenvalue weighted by atomic mass is 10.0. The molecule has 0 saturated carbocycles. The Labute approximate surface area is 240 Å². The minimum absolute atomic E-state index is 0.0943. The highest BCUT2D eigenvalue weighted by Gasteiger charge is 2.28. The van der Waals surface area contributed by atoms with Gasteiger partial charge in [-0.2, -0.15) is 5.26 Å². The van der Waals surface area contributed by atoms with Gasteiger partial charge in [0.1, 0.15) is 26.7 Å². The lowest BCUT2D eigenvalue weighted by molar-refractivity contribution is -0.127. The Balaban J connectivity index is 1.74. The van der Waals surface area contributed by atoms with E-state index in [2.05, 4.69) is 21.7 Å². The lowest BCUT2D eigenvalue weighted by Gasteiger charge is -2.23. The molecule has 0 saturated heterocycles. The van der Waals surface area contributed by atoms with E-state index in [0.29, 0.717) is 22.6 Å². The van der Waals surface area contributed by atoms with Crippen molar-refractivity contribution in [1.29, 1.82) is 5.26 Å². The van der Waals surface area contributed by atoms with Crippen molar-refractivity contribution >= 4 is 46.1 Å². The second kappa shape index (κ2) is 14.4. The second-order valence-corrected chi connectivity index (χ2v) is 10.6. The first-order valence-electron chi connectivity index (χ1n) is 12.4. The molecule has 0 bridgehead atoms. The zero-order valence-electron chi connectivity index (χ0n) is 21.6. The molecule has 0 aliphatic carbocycles. The molecule has 9 nitrogen and oxygen atoms in total. The van der Waals surface area contributed by atoms with Gasteiger partial charge in [0.05, 0.1) is 30.0 Å². The molecule has 208 valence electrons. The number of hydrogen-bond acceptors (Lipinski definition) is 8. The number of nitrogens with zero attached hydrogens (tertiary/aromatic N) is 2. The smallest absolute Gasteiger partial charge is 0.263 e. The number of amides is 2. The lowest BCUT2D eigenvalue weighted by Crippen LogP contribution is -2.53. The topological polar surface area (TPSA) is 158 Å². The molecule has 1 unspecified atom stereocenters. The first-order chi connectivity index (χ1) is 19.1. The number of thiocarbonyl (C=S) groups is 1. The van der Waals surface area contributed by atoms with E-state index in [-0.39, 0.29) is 24.1 Å². The normalized spacial score (nSPS) is 12.9. The molecule has 40 heavy (non-hydrogen) atoms. The van der Waals surface area contributed by atoms with Crippen LogP contribution >= 0.6 is 23.6 Å². The van der Waals surface area contributed by atoms with Crippen LogP contribution in [0.2, 0.25) is 0 Å². The van der Waals surface area contributed by atoms with Gasteiger partial charge < -0.3 is 21.5 Å². The highest BCUT2D eigenvalue weighted by atomic mass is 32.1. The number of halogens is 1. The molecule has 3 atom stereocenters. The van der Waals surface area contributed by atoms with Gasteiger partial charge in [-0.3, -0.25) is 14.4 Å². The molecule has 0 fully saturated rings. The van der Waals surface area contributed by atoms with Crippen LogP contribution in [0.15, 0.2) is 54.7 Å². The number of rotatable bonds is 13. The van der Waals surface area contributed by atoms with Crippen molar-refractivity contribution in [3.63, 3.8) is 0 Å². The first kappa shape index (κ1) is 30.5. The molecule has 1 aromatic heterocycles. The number of carbonyl (C=O) groups excluding carboxylic acids is 3. The maximum Gasteiger partial charge on any atom is 0.263 e. The Morgan fingerprint density at radius 3 is 2.50 bits per heavy atom. The summed E-state index contributed by atoms with van der Waals surface area (Å²) in [5.74, 6) is -2.24. The molecule has 0 aliphatic rings. The minimum atomic E-state index is -1.08. The van der Waals surface area contributed by atoms with E-state index in [1.807, 2.05) is 0 Å². The number of nitrogens with one attached hydrogen (secondary N) is 2. The summed E-state index contributed by atoms with van der Waals surface area (Å²) in [6.07, 6.45) is 1.42. The molecule has 1 heterocycles. The summed E-state index contributed by atoms with van der Waals surface area (Å²) in [5, 5.41) is 24.8. The van der Waals surface area contributed by atoms with Gasteiger partial charge in [0.25, 0.3) is 5.91 Å². The van der Waals surface area contributed by atoms with E-state index in [9.17, 15) is 23.9 Å². The van der Waals surface area contributed by atoms with E-state index in [1.54, 1.807) is 43.3 Å². The predicted molar refractivity (Wildman–Crippen MR) is 153 cm³/mol. The number of ketones is 1. The number of aliphatic hydroxyl groups excluding tert-OH is 1. The van der Waals surface area contributed by atoms with Crippen LogP contribution in [-0.2, 0) is 16.0 Å². The fourth-order valence-electron chi connectivity index (χ4n) is 3.82. The van der Waals surface area contributed by atoms with Crippen LogP contribution in [0.25, 0.3) is 10.6 Å². The van der Waals surface area contributed by atoms with Crippen molar-refractivity contribution in [1.82, 2.24) is 15.6 Å². The third-order valence-electron chi connectivity index (χ3n) is 5.97. The SMILES string of the molecule is CC(O)CC[C@H](NC(=O)c1cnc(-c2cccc(C#N)c2)s1)C(=O)N[C@@H](CCc1ccc(F)cc1)C(=O)C(N)=S. The van der Waals surface area contributed by atoms with Crippen LogP contribution in [0.5, 0.6) is 0 Å². The molecule has 3 rings (SSSR count). The Morgan fingerprint density at radius 1 is 1.12 bits per heavy atom. The van der Waals surface area contributed by atoms with Gasteiger partial charge in [-0.05, 0) is 62.4 Å². The van der Waals surface area contributed by atoms with Crippen LogP contribution < -0.4 is 16.4 Å². The van der Waals surface area contributed by atoms with Crippen molar-refractivity contribution in [2.24, 2.45) is 5.73 Å². The largest absolute Gasteiger partial charge is 0.393 e. The van der Waals surface area contributed by atoms with Crippen molar-refractivity contribution in [2.45, 2.75) is 50.8 Å². The molecule has 2 aromatic carbocycles. The highest BCUT2D eigenvalue weighted by Crippen LogP contribution is 2.26. The summed E-state index contributed by atoms with van der Waals surface area (Å²) in [6.45, 7) is 1.56. The third-order valence-corrected chi connectivity index (χ3v) is 7.22. The van der Waals surface area contributed by atoms with Crippen LogP contribution in [0.1, 0.15) is 47.0 Å². The Kier molecular flexibility index (Phi) is 11.0. The minimum Gasteiger partial charge on any atom is -0.393 e. The maximum absolute atomic E-state index is 13.3.